The summed E-state index contributed by atoms with van der Waals surface area (Å²) in [5.74, 6) is -0.265. The molecule has 1 atom stereocenters. The first-order valence-electron chi connectivity index (χ1n) is 8.94. The fraction of sp³-hybridized carbons (Fsp3) is 0.333. The molecular formula is C21H24N2O3. The Kier molecular flexibility index (Phi) is 5.56. The van der Waals surface area contributed by atoms with E-state index in [0.29, 0.717) is 19.5 Å². The first-order valence-corrected chi connectivity index (χ1v) is 8.94. The molecule has 0 spiro atoms. The average molecular weight is 352 g/mol. The highest BCUT2D eigenvalue weighted by Crippen LogP contribution is 2.26. The van der Waals surface area contributed by atoms with E-state index in [1.165, 1.54) is 5.56 Å². The number of ether oxygens (including phenoxy) is 1. The fourth-order valence-corrected chi connectivity index (χ4v) is 3.25. The molecule has 2 aromatic rings. The molecule has 1 unspecified atom stereocenters. The molecule has 1 saturated heterocycles. The van der Waals surface area contributed by atoms with E-state index in [1.54, 1.807) is 12.0 Å². The molecule has 2 aromatic carbocycles. The SMILES string of the molecule is CCc1ccc(N2CCC(C(=O)NCc3ccccc3OC)C2=O)cc1. The van der Waals surface area contributed by atoms with Crippen molar-refractivity contribution in [1.82, 2.24) is 5.32 Å². The van der Waals surface area contributed by atoms with Crippen molar-refractivity contribution in [3.63, 3.8) is 0 Å². The van der Waals surface area contributed by atoms with Crippen LogP contribution in [0, 0.1) is 5.92 Å². The Balaban J connectivity index is 1.62. The summed E-state index contributed by atoms with van der Waals surface area (Å²) in [6.07, 6.45) is 1.49. The third kappa shape index (κ3) is 3.72. The monoisotopic (exact) mass is 352 g/mol. The van der Waals surface area contributed by atoms with E-state index >= 15 is 0 Å². The van der Waals surface area contributed by atoms with Gasteiger partial charge >= 0.3 is 0 Å². The second-order valence-corrected chi connectivity index (χ2v) is 6.38. The van der Waals surface area contributed by atoms with E-state index in [2.05, 4.69) is 12.2 Å². The van der Waals surface area contributed by atoms with Gasteiger partial charge in [0.2, 0.25) is 11.8 Å². The van der Waals surface area contributed by atoms with E-state index < -0.39 is 5.92 Å². The van der Waals surface area contributed by atoms with Crippen molar-refractivity contribution in [1.29, 1.82) is 0 Å². The smallest absolute Gasteiger partial charge is 0.239 e. The number of hydrogen-bond donors (Lipinski definition) is 1. The van der Waals surface area contributed by atoms with Crippen molar-refractivity contribution in [2.45, 2.75) is 26.3 Å². The molecule has 5 heteroatoms. The number of aryl methyl sites for hydroxylation is 1. The third-order valence-corrected chi connectivity index (χ3v) is 4.82. The lowest BCUT2D eigenvalue weighted by Crippen LogP contribution is -2.36. The van der Waals surface area contributed by atoms with E-state index in [-0.39, 0.29) is 11.8 Å². The first-order chi connectivity index (χ1) is 12.6. The molecule has 5 nitrogen and oxygen atoms in total. The molecule has 136 valence electrons. The van der Waals surface area contributed by atoms with Crippen LogP contribution in [0.5, 0.6) is 5.75 Å². The fourth-order valence-electron chi connectivity index (χ4n) is 3.25. The van der Waals surface area contributed by atoms with Gasteiger partial charge in [-0.15, -0.1) is 0 Å². The Labute approximate surface area is 154 Å². The molecular weight excluding hydrogens is 328 g/mol. The molecule has 0 saturated carbocycles. The second kappa shape index (κ2) is 8.04. The van der Waals surface area contributed by atoms with Crippen LogP contribution in [-0.4, -0.2) is 25.5 Å². The quantitative estimate of drug-likeness (QED) is 0.813. The molecule has 0 radical (unpaired) electrons. The van der Waals surface area contributed by atoms with Gasteiger partial charge in [-0.3, -0.25) is 9.59 Å². The van der Waals surface area contributed by atoms with Crippen LogP contribution in [0.1, 0.15) is 24.5 Å². The van der Waals surface area contributed by atoms with Gasteiger partial charge in [-0.1, -0.05) is 37.3 Å². The number of benzene rings is 2. The van der Waals surface area contributed by atoms with Crippen LogP contribution in [-0.2, 0) is 22.6 Å². The average Bonchev–Trinajstić information content (AvgIpc) is 3.07. The molecule has 2 amide bonds. The lowest BCUT2D eigenvalue weighted by molar-refractivity contribution is -0.132. The predicted octanol–water partition coefficient (Wildman–Crippen LogP) is 2.93. The van der Waals surface area contributed by atoms with Gasteiger partial charge < -0.3 is 15.0 Å². The minimum atomic E-state index is -0.629. The van der Waals surface area contributed by atoms with Crippen LogP contribution in [0.15, 0.2) is 48.5 Å². The minimum Gasteiger partial charge on any atom is -0.496 e. The van der Waals surface area contributed by atoms with Crippen LogP contribution >= 0.6 is 0 Å². The molecule has 0 aliphatic carbocycles. The number of anilines is 1. The Morgan fingerprint density at radius 2 is 1.92 bits per heavy atom. The van der Waals surface area contributed by atoms with Crippen LogP contribution < -0.4 is 15.0 Å². The maximum Gasteiger partial charge on any atom is 0.239 e. The van der Waals surface area contributed by atoms with Crippen molar-refractivity contribution < 1.29 is 14.3 Å². The number of para-hydroxylation sites is 1. The summed E-state index contributed by atoms with van der Waals surface area (Å²) < 4.78 is 5.29. The molecule has 1 aliphatic heterocycles. The topological polar surface area (TPSA) is 58.6 Å². The zero-order valence-electron chi connectivity index (χ0n) is 15.2. The largest absolute Gasteiger partial charge is 0.496 e. The van der Waals surface area contributed by atoms with Gasteiger partial charge in [-0.2, -0.15) is 0 Å². The normalized spacial score (nSPS) is 16.6. The highest BCUT2D eigenvalue weighted by atomic mass is 16.5. The molecule has 26 heavy (non-hydrogen) atoms. The Bertz CT molecular complexity index is 786. The first kappa shape index (κ1) is 18.0. The standard InChI is InChI=1S/C21H24N2O3/c1-3-15-8-10-17(11-9-15)23-13-12-18(21(23)25)20(24)22-14-16-6-4-5-7-19(16)26-2/h4-11,18H,3,12-14H2,1-2H3,(H,22,24). The van der Waals surface area contributed by atoms with Gasteiger partial charge in [-0.25, -0.2) is 0 Å². The second-order valence-electron chi connectivity index (χ2n) is 6.38. The summed E-state index contributed by atoms with van der Waals surface area (Å²) in [4.78, 5) is 26.9. The summed E-state index contributed by atoms with van der Waals surface area (Å²) in [7, 11) is 1.60. The van der Waals surface area contributed by atoms with E-state index in [0.717, 1.165) is 23.4 Å². The molecule has 0 aromatic heterocycles. The summed E-state index contributed by atoms with van der Waals surface area (Å²) in [6, 6.07) is 15.5. The number of methoxy groups -OCH3 is 1. The summed E-state index contributed by atoms with van der Waals surface area (Å²) in [5, 5.41) is 2.87. The maximum atomic E-state index is 12.7. The van der Waals surface area contributed by atoms with Crippen LogP contribution in [0.2, 0.25) is 0 Å². The molecule has 1 N–H and O–H groups in total. The highest BCUT2D eigenvalue weighted by molar-refractivity contribution is 6.09. The number of hydrogen-bond acceptors (Lipinski definition) is 3. The van der Waals surface area contributed by atoms with E-state index in [9.17, 15) is 9.59 Å². The third-order valence-electron chi connectivity index (χ3n) is 4.82. The number of nitrogens with one attached hydrogen (secondary N) is 1. The van der Waals surface area contributed by atoms with Crippen molar-refractivity contribution in [2.24, 2.45) is 5.92 Å². The van der Waals surface area contributed by atoms with Gasteiger partial charge in [-0.05, 0) is 36.6 Å². The van der Waals surface area contributed by atoms with Gasteiger partial charge in [0.05, 0.1) is 7.11 Å². The number of carbonyl (C=O) groups excluding carboxylic acids is 2. The zero-order valence-corrected chi connectivity index (χ0v) is 15.2. The van der Waals surface area contributed by atoms with E-state index in [4.69, 9.17) is 4.74 Å². The Morgan fingerprint density at radius 3 is 2.62 bits per heavy atom. The molecule has 1 heterocycles. The number of amides is 2. The van der Waals surface area contributed by atoms with Gasteiger partial charge in [0.1, 0.15) is 11.7 Å². The summed E-state index contributed by atoms with van der Waals surface area (Å²) >= 11 is 0. The van der Waals surface area contributed by atoms with Crippen LogP contribution in [0.4, 0.5) is 5.69 Å². The number of nitrogens with zero attached hydrogens (tertiary/aromatic N) is 1. The highest BCUT2D eigenvalue weighted by Gasteiger charge is 2.37. The molecule has 1 aliphatic rings. The van der Waals surface area contributed by atoms with Crippen LogP contribution in [0.3, 0.4) is 0 Å². The molecule has 1 fully saturated rings. The van der Waals surface area contributed by atoms with E-state index in [1.807, 2.05) is 48.5 Å². The summed E-state index contributed by atoms with van der Waals surface area (Å²) in [5.41, 5.74) is 2.97. The van der Waals surface area contributed by atoms with Crippen molar-refractivity contribution in [3.05, 3.63) is 59.7 Å². The summed E-state index contributed by atoms with van der Waals surface area (Å²) in [6.45, 7) is 3.01. The van der Waals surface area contributed by atoms with Gasteiger partial charge in [0.15, 0.2) is 0 Å². The minimum absolute atomic E-state index is 0.133. The van der Waals surface area contributed by atoms with Crippen molar-refractivity contribution in [3.8, 4) is 5.75 Å². The number of rotatable bonds is 6. The lowest BCUT2D eigenvalue weighted by atomic mass is 10.1. The Morgan fingerprint density at radius 1 is 1.19 bits per heavy atom. The number of carbonyl (C=O) groups is 2. The van der Waals surface area contributed by atoms with Crippen molar-refractivity contribution >= 4 is 17.5 Å². The maximum absolute atomic E-state index is 12.7. The van der Waals surface area contributed by atoms with Crippen LogP contribution in [0.25, 0.3) is 0 Å². The zero-order chi connectivity index (χ0) is 18.5. The Hall–Kier alpha value is -2.82. The van der Waals surface area contributed by atoms with Gasteiger partial charge in [0, 0.05) is 24.3 Å². The lowest BCUT2D eigenvalue weighted by Gasteiger charge is -2.17. The van der Waals surface area contributed by atoms with Crippen molar-refractivity contribution in [2.75, 3.05) is 18.6 Å². The predicted molar refractivity (Wildman–Crippen MR) is 101 cm³/mol. The molecule has 0 bridgehead atoms. The molecule has 3 rings (SSSR count). The van der Waals surface area contributed by atoms with Gasteiger partial charge in [0.25, 0.3) is 0 Å².